The number of carbonyl (C=O) groups is 3. The van der Waals surface area contributed by atoms with Crippen molar-refractivity contribution in [1.29, 1.82) is 0 Å². The van der Waals surface area contributed by atoms with Crippen molar-refractivity contribution < 1.29 is 28.1 Å². The van der Waals surface area contributed by atoms with Gasteiger partial charge in [0.05, 0.1) is 12.4 Å². The van der Waals surface area contributed by atoms with Gasteiger partial charge in [-0.3, -0.25) is 19.3 Å². The standard InChI is InChI=1S/C26H30N4O6/c1-17-7-9-19(10-8-17)30(24(32)12-11-23(31)28-22-15-18(2)36-29-22)25(21-6-4-14-35-21)26(33)27-16-20-5-3-13-34-20/h4,6-10,14-15,20,25H,3,5,11-13,16H2,1-2H3,(H,27,33)(H,28,29,31). The van der Waals surface area contributed by atoms with Gasteiger partial charge >= 0.3 is 0 Å². The van der Waals surface area contributed by atoms with Crippen LogP contribution in [-0.2, 0) is 19.1 Å². The second kappa shape index (κ2) is 11.7. The molecule has 36 heavy (non-hydrogen) atoms. The molecule has 4 rings (SSSR count). The highest BCUT2D eigenvalue weighted by Crippen LogP contribution is 2.30. The summed E-state index contributed by atoms with van der Waals surface area (Å²) in [5.74, 6) is -0.0328. The Morgan fingerprint density at radius 1 is 1.14 bits per heavy atom. The summed E-state index contributed by atoms with van der Waals surface area (Å²) in [6.07, 6.45) is 2.99. The molecule has 0 bridgehead atoms. The monoisotopic (exact) mass is 494 g/mol. The normalized spacial score (nSPS) is 15.9. The van der Waals surface area contributed by atoms with Gasteiger partial charge in [0, 0.05) is 37.7 Å². The Bertz CT molecular complexity index is 1170. The molecule has 1 aliphatic heterocycles. The number of anilines is 2. The van der Waals surface area contributed by atoms with Crippen molar-refractivity contribution in [3.8, 4) is 0 Å². The maximum Gasteiger partial charge on any atom is 0.251 e. The molecule has 0 spiro atoms. The number of carbonyl (C=O) groups excluding carboxylic acids is 3. The molecule has 2 aromatic heterocycles. The zero-order valence-electron chi connectivity index (χ0n) is 20.4. The summed E-state index contributed by atoms with van der Waals surface area (Å²) in [4.78, 5) is 40.8. The smallest absolute Gasteiger partial charge is 0.251 e. The van der Waals surface area contributed by atoms with Crippen molar-refractivity contribution in [2.24, 2.45) is 0 Å². The third-order valence-electron chi connectivity index (χ3n) is 5.89. The van der Waals surface area contributed by atoms with E-state index >= 15 is 0 Å². The molecule has 3 heterocycles. The number of rotatable bonds is 10. The van der Waals surface area contributed by atoms with Gasteiger partial charge in [-0.15, -0.1) is 0 Å². The molecule has 2 N–H and O–H groups in total. The topological polar surface area (TPSA) is 127 Å². The lowest BCUT2D eigenvalue weighted by molar-refractivity contribution is -0.128. The minimum Gasteiger partial charge on any atom is -0.467 e. The average Bonchev–Trinajstić information content (AvgIpc) is 3.64. The number of nitrogens with zero attached hydrogens (tertiary/aromatic N) is 2. The Morgan fingerprint density at radius 3 is 2.58 bits per heavy atom. The van der Waals surface area contributed by atoms with Crippen molar-refractivity contribution in [3.05, 3.63) is 65.8 Å². The van der Waals surface area contributed by atoms with Crippen LogP contribution in [0.5, 0.6) is 0 Å². The van der Waals surface area contributed by atoms with Crippen LogP contribution >= 0.6 is 0 Å². The van der Waals surface area contributed by atoms with E-state index in [2.05, 4.69) is 15.8 Å². The van der Waals surface area contributed by atoms with E-state index in [-0.39, 0.29) is 24.8 Å². The van der Waals surface area contributed by atoms with Crippen LogP contribution in [0.4, 0.5) is 11.5 Å². The molecule has 2 atom stereocenters. The van der Waals surface area contributed by atoms with E-state index in [1.807, 2.05) is 19.1 Å². The Balaban J connectivity index is 1.54. The first-order valence-electron chi connectivity index (χ1n) is 12.0. The van der Waals surface area contributed by atoms with Crippen molar-refractivity contribution in [1.82, 2.24) is 10.5 Å². The van der Waals surface area contributed by atoms with Crippen LogP contribution < -0.4 is 15.5 Å². The number of aromatic nitrogens is 1. The van der Waals surface area contributed by atoms with Crippen molar-refractivity contribution in [2.45, 2.75) is 51.7 Å². The summed E-state index contributed by atoms with van der Waals surface area (Å²) in [6, 6.07) is 11.1. The van der Waals surface area contributed by atoms with E-state index in [1.165, 1.54) is 11.2 Å². The molecule has 3 aromatic rings. The number of ether oxygens (including phenoxy) is 1. The van der Waals surface area contributed by atoms with E-state index in [9.17, 15) is 14.4 Å². The van der Waals surface area contributed by atoms with Crippen molar-refractivity contribution in [3.63, 3.8) is 0 Å². The maximum atomic E-state index is 13.6. The first-order chi connectivity index (χ1) is 17.4. The van der Waals surface area contributed by atoms with Crippen LogP contribution in [0, 0.1) is 13.8 Å². The van der Waals surface area contributed by atoms with Gasteiger partial charge in [-0.2, -0.15) is 0 Å². The lowest BCUT2D eigenvalue weighted by Crippen LogP contribution is -2.45. The molecule has 0 aliphatic carbocycles. The van der Waals surface area contributed by atoms with Crippen LogP contribution in [0.2, 0.25) is 0 Å². The highest BCUT2D eigenvalue weighted by Gasteiger charge is 2.35. The molecule has 10 heteroatoms. The van der Waals surface area contributed by atoms with E-state index in [0.717, 1.165) is 18.4 Å². The van der Waals surface area contributed by atoms with Crippen LogP contribution in [0.1, 0.15) is 48.8 Å². The fraction of sp³-hybridized carbons (Fsp3) is 0.385. The number of hydrogen-bond donors (Lipinski definition) is 2. The molecular weight excluding hydrogens is 464 g/mol. The number of amides is 3. The van der Waals surface area contributed by atoms with Gasteiger partial charge in [0.15, 0.2) is 11.9 Å². The molecule has 1 aliphatic rings. The van der Waals surface area contributed by atoms with E-state index in [0.29, 0.717) is 30.4 Å². The zero-order valence-corrected chi connectivity index (χ0v) is 20.4. The maximum absolute atomic E-state index is 13.6. The predicted octanol–water partition coefficient (Wildman–Crippen LogP) is 3.67. The van der Waals surface area contributed by atoms with E-state index in [4.69, 9.17) is 13.7 Å². The van der Waals surface area contributed by atoms with Crippen LogP contribution in [0.25, 0.3) is 0 Å². The first-order valence-corrected chi connectivity index (χ1v) is 12.0. The second-order valence-corrected chi connectivity index (χ2v) is 8.77. The summed E-state index contributed by atoms with van der Waals surface area (Å²) >= 11 is 0. The Labute approximate surface area is 209 Å². The predicted molar refractivity (Wildman–Crippen MR) is 131 cm³/mol. The summed E-state index contributed by atoms with van der Waals surface area (Å²) in [6.45, 7) is 4.66. The molecule has 10 nitrogen and oxygen atoms in total. The number of benzene rings is 1. The lowest BCUT2D eigenvalue weighted by Gasteiger charge is -2.30. The Morgan fingerprint density at radius 2 is 1.94 bits per heavy atom. The fourth-order valence-electron chi connectivity index (χ4n) is 4.05. The zero-order chi connectivity index (χ0) is 25.5. The summed E-state index contributed by atoms with van der Waals surface area (Å²) in [5.41, 5.74) is 1.53. The lowest BCUT2D eigenvalue weighted by atomic mass is 10.1. The Kier molecular flexibility index (Phi) is 8.17. The molecular formula is C26H30N4O6. The van der Waals surface area contributed by atoms with Crippen molar-refractivity contribution >= 4 is 29.2 Å². The largest absolute Gasteiger partial charge is 0.467 e. The third kappa shape index (κ3) is 6.39. The molecule has 1 saturated heterocycles. The van der Waals surface area contributed by atoms with Crippen LogP contribution in [-0.4, -0.2) is 42.1 Å². The molecule has 3 amide bonds. The van der Waals surface area contributed by atoms with Crippen molar-refractivity contribution in [2.75, 3.05) is 23.4 Å². The summed E-state index contributed by atoms with van der Waals surface area (Å²) in [5, 5.41) is 9.26. The van der Waals surface area contributed by atoms with Gasteiger partial charge in [-0.25, -0.2) is 0 Å². The SMILES string of the molecule is Cc1ccc(N(C(=O)CCC(=O)Nc2cc(C)on2)C(C(=O)NCC2CCCO2)c2ccco2)cc1. The molecule has 1 fully saturated rings. The number of aryl methyl sites for hydroxylation is 2. The highest BCUT2D eigenvalue weighted by molar-refractivity contribution is 6.02. The molecule has 190 valence electrons. The number of nitrogens with one attached hydrogen (secondary N) is 2. The van der Waals surface area contributed by atoms with Gasteiger partial charge in [-0.05, 0) is 51.0 Å². The van der Waals surface area contributed by atoms with Gasteiger partial charge in [0.25, 0.3) is 5.91 Å². The quantitative estimate of drug-likeness (QED) is 0.440. The van der Waals surface area contributed by atoms with Gasteiger partial charge in [-0.1, -0.05) is 22.9 Å². The molecule has 0 radical (unpaired) electrons. The number of hydrogen-bond acceptors (Lipinski definition) is 7. The first kappa shape index (κ1) is 25.2. The minimum absolute atomic E-state index is 0.0569. The van der Waals surface area contributed by atoms with Gasteiger partial charge in [0.1, 0.15) is 11.5 Å². The molecule has 2 unspecified atom stereocenters. The van der Waals surface area contributed by atoms with Crippen LogP contribution in [0.15, 0.2) is 57.7 Å². The number of furan rings is 1. The molecule has 0 saturated carbocycles. The van der Waals surface area contributed by atoms with E-state index < -0.39 is 23.8 Å². The van der Waals surface area contributed by atoms with Crippen LogP contribution in [0.3, 0.4) is 0 Å². The molecule has 1 aromatic carbocycles. The summed E-state index contributed by atoms with van der Waals surface area (Å²) < 4.78 is 16.2. The summed E-state index contributed by atoms with van der Waals surface area (Å²) in [7, 11) is 0. The van der Waals surface area contributed by atoms with Gasteiger partial charge in [0.2, 0.25) is 11.8 Å². The second-order valence-electron chi connectivity index (χ2n) is 8.77. The Hall–Kier alpha value is -3.92. The average molecular weight is 495 g/mol. The third-order valence-corrected chi connectivity index (χ3v) is 5.89. The fourth-order valence-corrected chi connectivity index (χ4v) is 4.05. The van der Waals surface area contributed by atoms with Gasteiger partial charge < -0.3 is 24.3 Å². The van der Waals surface area contributed by atoms with E-state index in [1.54, 1.807) is 37.3 Å². The minimum atomic E-state index is -1.06. The highest BCUT2D eigenvalue weighted by atomic mass is 16.5.